The number of hydrogen-bond acceptors (Lipinski definition) is 3. The smallest absolute Gasteiger partial charge is 0.0700 e. The number of hydrogen-bond donors (Lipinski definition) is 0. The van der Waals surface area contributed by atoms with Gasteiger partial charge in [-0.25, -0.2) is 0 Å². The SMILES string of the molecule is CCCCCCCCCCC(CCCOCCOC)OCCC. The van der Waals surface area contributed by atoms with Gasteiger partial charge in [0.1, 0.15) is 0 Å². The lowest BCUT2D eigenvalue weighted by atomic mass is 10.0. The van der Waals surface area contributed by atoms with E-state index in [4.69, 9.17) is 14.2 Å². The highest BCUT2D eigenvalue weighted by Crippen LogP contribution is 2.15. The molecule has 0 saturated heterocycles. The largest absolute Gasteiger partial charge is 0.382 e. The first-order valence-corrected chi connectivity index (χ1v) is 10.0. The van der Waals surface area contributed by atoms with E-state index in [-0.39, 0.29) is 0 Å². The lowest BCUT2D eigenvalue weighted by molar-refractivity contribution is 0.0258. The van der Waals surface area contributed by atoms with Gasteiger partial charge >= 0.3 is 0 Å². The molecule has 0 aliphatic heterocycles. The van der Waals surface area contributed by atoms with Crippen LogP contribution < -0.4 is 0 Å². The van der Waals surface area contributed by atoms with Crippen molar-refractivity contribution in [2.45, 2.75) is 97.0 Å². The Morgan fingerprint density at radius 3 is 1.91 bits per heavy atom. The van der Waals surface area contributed by atoms with Crippen molar-refractivity contribution in [1.29, 1.82) is 0 Å². The Morgan fingerprint density at radius 2 is 1.26 bits per heavy atom. The fourth-order valence-corrected chi connectivity index (χ4v) is 2.76. The number of ether oxygens (including phenoxy) is 3. The molecular formula is C20H42O3. The molecule has 0 amide bonds. The van der Waals surface area contributed by atoms with Crippen molar-refractivity contribution >= 4 is 0 Å². The summed E-state index contributed by atoms with van der Waals surface area (Å²) in [5, 5.41) is 0. The van der Waals surface area contributed by atoms with Crippen LogP contribution in [0.5, 0.6) is 0 Å². The quantitative estimate of drug-likeness (QED) is 0.282. The third-order valence-corrected chi connectivity index (χ3v) is 4.18. The molecule has 0 bridgehead atoms. The highest BCUT2D eigenvalue weighted by atomic mass is 16.5. The zero-order valence-electron chi connectivity index (χ0n) is 16.1. The highest BCUT2D eigenvalue weighted by Gasteiger charge is 2.08. The molecule has 140 valence electrons. The van der Waals surface area contributed by atoms with Crippen LogP contribution in [0.15, 0.2) is 0 Å². The number of methoxy groups -OCH3 is 1. The van der Waals surface area contributed by atoms with Gasteiger partial charge in [0.15, 0.2) is 0 Å². The molecule has 0 N–H and O–H groups in total. The molecule has 0 saturated carbocycles. The topological polar surface area (TPSA) is 27.7 Å². The minimum Gasteiger partial charge on any atom is -0.382 e. The van der Waals surface area contributed by atoms with Crippen LogP contribution in [0.25, 0.3) is 0 Å². The number of unbranched alkanes of at least 4 members (excludes halogenated alkanes) is 7. The lowest BCUT2D eigenvalue weighted by Gasteiger charge is -2.17. The third kappa shape index (κ3) is 18.1. The zero-order chi connectivity index (χ0) is 17.0. The van der Waals surface area contributed by atoms with Gasteiger partial charge in [0.05, 0.1) is 19.3 Å². The van der Waals surface area contributed by atoms with Gasteiger partial charge in [-0.15, -0.1) is 0 Å². The average Bonchev–Trinajstić information content (AvgIpc) is 2.57. The molecule has 0 fully saturated rings. The van der Waals surface area contributed by atoms with Gasteiger partial charge < -0.3 is 14.2 Å². The van der Waals surface area contributed by atoms with E-state index in [0.29, 0.717) is 19.3 Å². The molecule has 0 aromatic heterocycles. The van der Waals surface area contributed by atoms with Gasteiger partial charge in [-0.2, -0.15) is 0 Å². The predicted octanol–water partition coefficient (Wildman–Crippen LogP) is 5.76. The summed E-state index contributed by atoms with van der Waals surface area (Å²) in [6, 6.07) is 0. The van der Waals surface area contributed by atoms with Crippen molar-refractivity contribution in [3.63, 3.8) is 0 Å². The van der Waals surface area contributed by atoms with Crippen LogP contribution in [-0.2, 0) is 14.2 Å². The molecule has 23 heavy (non-hydrogen) atoms. The van der Waals surface area contributed by atoms with E-state index in [1.165, 1.54) is 57.8 Å². The molecule has 0 rings (SSSR count). The maximum Gasteiger partial charge on any atom is 0.0700 e. The van der Waals surface area contributed by atoms with E-state index >= 15 is 0 Å². The van der Waals surface area contributed by atoms with Crippen molar-refractivity contribution in [3.05, 3.63) is 0 Å². The Kier molecular flexibility index (Phi) is 19.8. The van der Waals surface area contributed by atoms with Crippen molar-refractivity contribution < 1.29 is 14.2 Å². The summed E-state index contributed by atoms with van der Waals surface area (Å²) >= 11 is 0. The first-order chi connectivity index (χ1) is 11.3. The number of rotatable bonds is 19. The first-order valence-electron chi connectivity index (χ1n) is 10.0. The minimum atomic E-state index is 0.432. The van der Waals surface area contributed by atoms with E-state index in [0.717, 1.165) is 32.5 Å². The Hall–Kier alpha value is -0.120. The second kappa shape index (κ2) is 19.9. The molecule has 0 radical (unpaired) electrons. The molecule has 0 heterocycles. The maximum atomic E-state index is 6.00. The summed E-state index contributed by atoms with van der Waals surface area (Å²) in [7, 11) is 1.71. The van der Waals surface area contributed by atoms with Gasteiger partial charge in [0, 0.05) is 20.3 Å². The summed E-state index contributed by atoms with van der Waals surface area (Å²) in [4.78, 5) is 0. The minimum absolute atomic E-state index is 0.432. The van der Waals surface area contributed by atoms with Crippen molar-refractivity contribution in [3.8, 4) is 0 Å². The monoisotopic (exact) mass is 330 g/mol. The van der Waals surface area contributed by atoms with Gasteiger partial charge in [0.25, 0.3) is 0 Å². The fraction of sp³-hybridized carbons (Fsp3) is 1.00. The summed E-state index contributed by atoms with van der Waals surface area (Å²) in [5.41, 5.74) is 0. The first kappa shape index (κ1) is 22.9. The molecule has 1 unspecified atom stereocenters. The molecule has 0 aliphatic carbocycles. The molecule has 0 aromatic carbocycles. The van der Waals surface area contributed by atoms with Crippen molar-refractivity contribution in [1.82, 2.24) is 0 Å². The van der Waals surface area contributed by atoms with E-state index < -0.39 is 0 Å². The molecule has 1 atom stereocenters. The van der Waals surface area contributed by atoms with Gasteiger partial charge in [-0.05, 0) is 25.7 Å². The van der Waals surface area contributed by atoms with Crippen molar-refractivity contribution in [2.24, 2.45) is 0 Å². The summed E-state index contributed by atoms with van der Waals surface area (Å²) in [6.45, 7) is 7.57. The maximum absolute atomic E-state index is 6.00. The molecule has 0 spiro atoms. The molecule has 0 aliphatic rings. The molecule has 0 aromatic rings. The van der Waals surface area contributed by atoms with E-state index in [9.17, 15) is 0 Å². The van der Waals surface area contributed by atoms with Crippen LogP contribution in [0.3, 0.4) is 0 Å². The normalized spacial score (nSPS) is 12.7. The molecule has 3 heteroatoms. The van der Waals surface area contributed by atoms with Crippen LogP contribution >= 0.6 is 0 Å². The lowest BCUT2D eigenvalue weighted by Crippen LogP contribution is -2.15. The Balaban J connectivity index is 3.54. The molecular weight excluding hydrogens is 288 g/mol. The van der Waals surface area contributed by atoms with Gasteiger partial charge in [0.2, 0.25) is 0 Å². The third-order valence-electron chi connectivity index (χ3n) is 4.18. The van der Waals surface area contributed by atoms with E-state index in [1.807, 2.05) is 0 Å². The van der Waals surface area contributed by atoms with Crippen LogP contribution in [0, 0.1) is 0 Å². The van der Waals surface area contributed by atoms with E-state index in [2.05, 4.69) is 13.8 Å². The molecule has 3 nitrogen and oxygen atoms in total. The summed E-state index contributed by atoms with van der Waals surface area (Å²) < 4.78 is 16.5. The Bertz CT molecular complexity index is 209. The van der Waals surface area contributed by atoms with Crippen LogP contribution in [0.4, 0.5) is 0 Å². The van der Waals surface area contributed by atoms with Crippen molar-refractivity contribution in [2.75, 3.05) is 33.5 Å². The Labute approximate surface area is 145 Å². The Morgan fingerprint density at radius 1 is 0.609 bits per heavy atom. The summed E-state index contributed by atoms with van der Waals surface area (Å²) in [6.07, 6.45) is 16.0. The second-order valence-electron chi connectivity index (χ2n) is 6.50. The fourth-order valence-electron chi connectivity index (χ4n) is 2.76. The predicted molar refractivity (Wildman–Crippen MR) is 99.2 cm³/mol. The van der Waals surface area contributed by atoms with Crippen LogP contribution in [0.1, 0.15) is 90.9 Å². The average molecular weight is 331 g/mol. The highest BCUT2D eigenvalue weighted by molar-refractivity contribution is 4.60. The van der Waals surface area contributed by atoms with Crippen LogP contribution in [0.2, 0.25) is 0 Å². The standard InChI is InChI=1S/C20H42O3/c1-4-6-7-8-9-10-11-12-14-20(23-16-5-2)15-13-17-22-19-18-21-3/h20H,4-19H2,1-3H3. The van der Waals surface area contributed by atoms with Gasteiger partial charge in [-0.3, -0.25) is 0 Å². The zero-order valence-corrected chi connectivity index (χ0v) is 16.1. The van der Waals surface area contributed by atoms with E-state index in [1.54, 1.807) is 7.11 Å². The summed E-state index contributed by atoms with van der Waals surface area (Å²) in [5.74, 6) is 0. The van der Waals surface area contributed by atoms with Gasteiger partial charge in [-0.1, -0.05) is 65.2 Å². The van der Waals surface area contributed by atoms with Crippen LogP contribution in [-0.4, -0.2) is 39.6 Å². The second-order valence-corrected chi connectivity index (χ2v) is 6.50.